The van der Waals surface area contributed by atoms with E-state index in [0.29, 0.717) is 5.57 Å². The standard InChI is InChI=1S/C9H12N2/c1-5-9(6-10)8(4)11-7(2)3/h5H,1H2,2-4H3/b9-8+. The van der Waals surface area contributed by atoms with Gasteiger partial charge in [0.1, 0.15) is 6.07 Å². The Morgan fingerprint density at radius 2 is 2.00 bits per heavy atom. The van der Waals surface area contributed by atoms with Crippen molar-refractivity contribution in [1.82, 2.24) is 0 Å². The van der Waals surface area contributed by atoms with Gasteiger partial charge in [-0.1, -0.05) is 6.58 Å². The van der Waals surface area contributed by atoms with Crippen LogP contribution in [0, 0.1) is 11.3 Å². The zero-order valence-corrected chi connectivity index (χ0v) is 7.18. The summed E-state index contributed by atoms with van der Waals surface area (Å²) in [7, 11) is 0. The van der Waals surface area contributed by atoms with Crippen LogP contribution in [0.2, 0.25) is 0 Å². The Morgan fingerprint density at radius 3 is 2.27 bits per heavy atom. The molecule has 58 valence electrons. The maximum absolute atomic E-state index is 8.56. The zero-order valence-electron chi connectivity index (χ0n) is 7.18. The van der Waals surface area contributed by atoms with Gasteiger partial charge < -0.3 is 0 Å². The largest absolute Gasteiger partial charge is 0.262 e. The van der Waals surface area contributed by atoms with Crippen molar-refractivity contribution in [3.63, 3.8) is 0 Å². The molecule has 0 aromatic rings. The van der Waals surface area contributed by atoms with E-state index in [1.165, 1.54) is 6.08 Å². The molecule has 0 unspecified atom stereocenters. The van der Waals surface area contributed by atoms with Gasteiger partial charge in [0.25, 0.3) is 0 Å². The van der Waals surface area contributed by atoms with E-state index in [-0.39, 0.29) is 0 Å². The molecule has 0 fully saturated rings. The fourth-order valence-corrected chi connectivity index (χ4v) is 0.670. The Labute approximate surface area is 67.6 Å². The van der Waals surface area contributed by atoms with Gasteiger partial charge in [-0.2, -0.15) is 5.26 Å². The van der Waals surface area contributed by atoms with Gasteiger partial charge in [0.05, 0.1) is 11.3 Å². The number of nitriles is 1. The summed E-state index contributed by atoms with van der Waals surface area (Å²) in [6.07, 6.45) is 1.52. The second kappa shape index (κ2) is 4.45. The lowest BCUT2D eigenvalue weighted by Gasteiger charge is -1.94. The summed E-state index contributed by atoms with van der Waals surface area (Å²) in [5.41, 5.74) is 2.20. The fourth-order valence-electron chi connectivity index (χ4n) is 0.670. The lowest BCUT2D eigenvalue weighted by atomic mass is 10.2. The first-order valence-corrected chi connectivity index (χ1v) is 3.37. The predicted octanol–water partition coefficient (Wildman–Crippen LogP) is 2.45. The highest BCUT2D eigenvalue weighted by molar-refractivity contribution is 5.80. The minimum absolute atomic E-state index is 0.534. The third-order valence-corrected chi connectivity index (χ3v) is 1.11. The fraction of sp³-hybridized carbons (Fsp3) is 0.333. The minimum Gasteiger partial charge on any atom is -0.262 e. The molecule has 0 aromatic carbocycles. The number of nitrogens with zero attached hydrogens (tertiary/aromatic N) is 2. The molecule has 0 aromatic heterocycles. The van der Waals surface area contributed by atoms with Crippen molar-refractivity contribution >= 4 is 5.71 Å². The van der Waals surface area contributed by atoms with Crippen LogP contribution in [-0.4, -0.2) is 5.71 Å². The van der Waals surface area contributed by atoms with Crippen molar-refractivity contribution < 1.29 is 0 Å². The lowest BCUT2D eigenvalue weighted by Crippen LogP contribution is -1.84. The number of aliphatic imine (C=N–C) groups is 1. The molecule has 0 amide bonds. The van der Waals surface area contributed by atoms with Gasteiger partial charge in [-0.25, -0.2) is 0 Å². The Bertz CT molecular complexity index is 247. The third kappa shape index (κ3) is 3.36. The summed E-state index contributed by atoms with van der Waals surface area (Å²) < 4.78 is 0. The van der Waals surface area contributed by atoms with Crippen LogP contribution in [0.3, 0.4) is 0 Å². The first kappa shape index (κ1) is 9.64. The van der Waals surface area contributed by atoms with E-state index in [1.807, 2.05) is 19.9 Å². The molecule has 2 heteroatoms. The van der Waals surface area contributed by atoms with E-state index in [2.05, 4.69) is 11.6 Å². The Balaban J connectivity index is 4.81. The highest BCUT2D eigenvalue weighted by Gasteiger charge is 1.93. The second-order valence-corrected chi connectivity index (χ2v) is 2.37. The summed E-state index contributed by atoms with van der Waals surface area (Å²) in [4.78, 5) is 4.12. The normalized spacial score (nSPS) is 11.1. The first-order chi connectivity index (χ1) is 5.11. The zero-order chi connectivity index (χ0) is 8.85. The van der Waals surface area contributed by atoms with Crippen LogP contribution >= 0.6 is 0 Å². The van der Waals surface area contributed by atoms with Crippen LogP contribution in [0.4, 0.5) is 0 Å². The SMILES string of the molecule is C=C/C(C#N)=C(/C)N=C(C)C. The van der Waals surface area contributed by atoms with Gasteiger partial charge in [0, 0.05) is 5.71 Å². The molecule has 0 atom stereocenters. The van der Waals surface area contributed by atoms with Crippen molar-refractivity contribution in [2.75, 3.05) is 0 Å². The van der Waals surface area contributed by atoms with Gasteiger partial charge in [-0.05, 0) is 26.8 Å². The van der Waals surface area contributed by atoms with E-state index >= 15 is 0 Å². The van der Waals surface area contributed by atoms with E-state index in [9.17, 15) is 0 Å². The molecule has 0 aliphatic rings. The molecular formula is C9H12N2. The van der Waals surface area contributed by atoms with E-state index in [4.69, 9.17) is 5.26 Å². The van der Waals surface area contributed by atoms with E-state index in [0.717, 1.165) is 11.4 Å². The van der Waals surface area contributed by atoms with Crippen LogP contribution in [0.25, 0.3) is 0 Å². The van der Waals surface area contributed by atoms with Crippen LogP contribution < -0.4 is 0 Å². The molecule has 0 aliphatic carbocycles. The Morgan fingerprint density at radius 1 is 1.45 bits per heavy atom. The Hall–Kier alpha value is -1.36. The molecular weight excluding hydrogens is 136 g/mol. The maximum atomic E-state index is 8.56. The molecule has 0 N–H and O–H groups in total. The molecule has 0 radical (unpaired) electrons. The average Bonchev–Trinajstić information content (AvgIpc) is 1.88. The van der Waals surface area contributed by atoms with Gasteiger partial charge in [-0.3, -0.25) is 4.99 Å². The highest BCUT2D eigenvalue weighted by Crippen LogP contribution is 2.05. The summed E-state index contributed by atoms with van der Waals surface area (Å²) in [5.74, 6) is 0. The van der Waals surface area contributed by atoms with Gasteiger partial charge >= 0.3 is 0 Å². The number of hydrogen-bond acceptors (Lipinski definition) is 2. The first-order valence-electron chi connectivity index (χ1n) is 3.37. The molecule has 0 bridgehead atoms. The Kier molecular flexibility index (Phi) is 3.90. The number of allylic oxidation sites excluding steroid dienone is 3. The number of hydrogen-bond donors (Lipinski definition) is 0. The summed E-state index contributed by atoms with van der Waals surface area (Å²) in [5, 5.41) is 8.56. The third-order valence-electron chi connectivity index (χ3n) is 1.11. The molecule has 0 spiro atoms. The monoisotopic (exact) mass is 148 g/mol. The van der Waals surface area contributed by atoms with Crippen LogP contribution in [0.15, 0.2) is 28.9 Å². The van der Waals surface area contributed by atoms with Crippen molar-refractivity contribution in [2.24, 2.45) is 4.99 Å². The van der Waals surface area contributed by atoms with Gasteiger partial charge in [0.15, 0.2) is 0 Å². The van der Waals surface area contributed by atoms with E-state index < -0.39 is 0 Å². The van der Waals surface area contributed by atoms with Gasteiger partial charge in [-0.15, -0.1) is 0 Å². The van der Waals surface area contributed by atoms with E-state index in [1.54, 1.807) is 6.92 Å². The van der Waals surface area contributed by atoms with Crippen LogP contribution in [0.1, 0.15) is 20.8 Å². The quantitative estimate of drug-likeness (QED) is 0.336. The molecule has 0 aliphatic heterocycles. The molecule has 0 saturated carbocycles. The van der Waals surface area contributed by atoms with Crippen molar-refractivity contribution in [2.45, 2.75) is 20.8 Å². The maximum Gasteiger partial charge on any atom is 0.101 e. The summed E-state index contributed by atoms with van der Waals surface area (Å²) >= 11 is 0. The van der Waals surface area contributed by atoms with Crippen molar-refractivity contribution in [3.05, 3.63) is 23.9 Å². The summed E-state index contributed by atoms with van der Waals surface area (Å²) in [6.45, 7) is 9.09. The van der Waals surface area contributed by atoms with Crippen molar-refractivity contribution in [1.29, 1.82) is 5.26 Å². The minimum atomic E-state index is 0.534. The molecule has 2 nitrogen and oxygen atoms in total. The molecule has 0 saturated heterocycles. The van der Waals surface area contributed by atoms with Crippen molar-refractivity contribution in [3.8, 4) is 6.07 Å². The second-order valence-electron chi connectivity index (χ2n) is 2.37. The highest BCUT2D eigenvalue weighted by atomic mass is 14.7. The molecule has 0 heterocycles. The smallest absolute Gasteiger partial charge is 0.101 e. The topological polar surface area (TPSA) is 36.1 Å². The molecule has 0 rings (SSSR count). The van der Waals surface area contributed by atoms with Gasteiger partial charge in [0.2, 0.25) is 0 Å². The lowest BCUT2D eigenvalue weighted by molar-refractivity contribution is 1.25. The number of rotatable bonds is 2. The summed E-state index contributed by atoms with van der Waals surface area (Å²) in [6, 6.07) is 2.01. The average molecular weight is 148 g/mol. The predicted molar refractivity (Wildman–Crippen MR) is 47.3 cm³/mol. The molecule has 11 heavy (non-hydrogen) atoms. The van der Waals surface area contributed by atoms with Crippen LogP contribution in [-0.2, 0) is 0 Å². The van der Waals surface area contributed by atoms with Crippen LogP contribution in [0.5, 0.6) is 0 Å².